The minimum Gasteiger partial charge on any atom is -0.487 e. The molecule has 0 saturated heterocycles. The molecule has 0 atom stereocenters. The third kappa shape index (κ3) is 4.23. The zero-order valence-electron chi connectivity index (χ0n) is 9.13. The normalized spacial score (nSPS) is 11.9. The molecule has 0 aliphatic carbocycles. The molecular formula is C11H15F2NO. The summed E-state index contributed by atoms with van der Waals surface area (Å²) < 4.78 is 30.0. The van der Waals surface area contributed by atoms with Gasteiger partial charge in [0.25, 0.3) is 5.92 Å². The topological polar surface area (TPSA) is 22.1 Å². The van der Waals surface area contributed by atoms with Crippen LogP contribution in [0.15, 0.2) is 18.3 Å². The van der Waals surface area contributed by atoms with Gasteiger partial charge in [0.15, 0.2) is 6.61 Å². The highest BCUT2D eigenvalue weighted by molar-refractivity contribution is 5.24. The van der Waals surface area contributed by atoms with Crippen LogP contribution in [0.2, 0.25) is 0 Å². The van der Waals surface area contributed by atoms with Gasteiger partial charge < -0.3 is 4.74 Å². The van der Waals surface area contributed by atoms with Gasteiger partial charge in [-0.1, -0.05) is 13.8 Å². The standard InChI is InChI=1S/C11H15F2NO/c1-8(2)10-6-9(4-5-14-10)15-7-11(3,12)13/h4-6,8H,7H2,1-3H3. The number of nitrogens with zero attached hydrogens (tertiary/aromatic N) is 1. The minimum absolute atomic E-state index is 0.260. The molecule has 1 aromatic rings. The summed E-state index contributed by atoms with van der Waals surface area (Å²) in [5.41, 5.74) is 0.840. The van der Waals surface area contributed by atoms with Crippen LogP contribution in [0.5, 0.6) is 5.75 Å². The quantitative estimate of drug-likeness (QED) is 0.769. The van der Waals surface area contributed by atoms with Crippen LogP contribution in [0.3, 0.4) is 0 Å². The van der Waals surface area contributed by atoms with E-state index in [4.69, 9.17) is 4.74 Å². The van der Waals surface area contributed by atoms with Crippen LogP contribution in [0, 0.1) is 0 Å². The second-order valence-corrected chi connectivity index (χ2v) is 3.93. The molecule has 1 aromatic heterocycles. The number of aromatic nitrogens is 1. The average Bonchev–Trinajstić information content (AvgIpc) is 2.14. The van der Waals surface area contributed by atoms with E-state index in [0.717, 1.165) is 12.6 Å². The molecular weight excluding hydrogens is 200 g/mol. The number of hydrogen-bond acceptors (Lipinski definition) is 2. The molecule has 0 aromatic carbocycles. The maximum atomic E-state index is 12.5. The summed E-state index contributed by atoms with van der Waals surface area (Å²) in [6.07, 6.45) is 1.57. The van der Waals surface area contributed by atoms with E-state index < -0.39 is 12.5 Å². The Balaban J connectivity index is 2.66. The fourth-order valence-corrected chi connectivity index (χ4v) is 1.04. The zero-order valence-corrected chi connectivity index (χ0v) is 9.13. The highest BCUT2D eigenvalue weighted by Gasteiger charge is 2.22. The molecule has 4 heteroatoms. The minimum atomic E-state index is -2.80. The van der Waals surface area contributed by atoms with Crippen molar-refractivity contribution in [3.05, 3.63) is 24.0 Å². The van der Waals surface area contributed by atoms with Crippen molar-refractivity contribution in [3.63, 3.8) is 0 Å². The number of rotatable bonds is 4. The Kier molecular flexibility index (Phi) is 3.61. The second-order valence-electron chi connectivity index (χ2n) is 3.93. The molecule has 0 aliphatic rings. The maximum absolute atomic E-state index is 12.5. The maximum Gasteiger partial charge on any atom is 0.278 e. The molecule has 0 aliphatic heterocycles. The smallest absolute Gasteiger partial charge is 0.278 e. The molecule has 0 spiro atoms. The predicted molar refractivity (Wildman–Crippen MR) is 54.4 cm³/mol. The first-order valence-electron chi connectivity index (χ1n) is 4.85. The van der Waals surface area contributed by atoms with Gasteiger partial charge >= 0.3 is 0 Å². The Labute approximate surface area is 88.3 Å². The highest BCUT2D eigenvalue weighted by atomic mass is 19.3. The van der Waals surface area contributed by atoms with Gasteiger partial charge in [0.1, 0.15) is 5.75 Å². The van der Waals surface area contributed by atoms with Crippen molar-refractivity contribution in [3.8, 4) is 5.75 Å². The summed E-state index contributed by atoms with van der Waals surface area (Å²) >= 11 is 0. The van der Waals surface area contributed by atoms with Crippen LogP contribution < -0.4 is 4.74 Å². The van der Waals surface area contributed by atoms with Gasteiger partial charge in [0.2, 0.25) is 0 Å². The third-order valence-corrected chi connectivity index (χ3v) is 1.84. The Morgan fingerprint density at radius 3 is 2.67 bits per heavy atom. The van der Waals surface area contributed by atoms with Gasteiger partial charge in [-0.15, -0.1) is 0 Å². The predicted octanol–water partition coefficient (Wildman–Crippen LogP) is 3.24. The molecule has 1 heterocycles. The largest absolute Gasteiger partial charge is 0.487 e. The molecule has 0 N–H and O–H groups in total. The summed E-state index contributed by atoms with van der Waals surface area (Å²) in [5.74, 6) is -2.10. The van der Waals surface area contributed by atoms with Crippen LogP contribution in [0.1, 0.15) is 32.4 Å². The van der Waals surface area contributed by atoms with Gasteiger partial charge in [-0.25, -0.2) is 8.78 Å². The van der Waals surface area contributed by atoms with Crippen molar-refractivity contribution < 1.29 is 13.5 Å². The van der Waals surface area contributed by atoms with Gasteiger partial charge in [-0.05, 0) is 12.0 Å². The number of ether oxygens (including phenoxy) is 1. The lowest BCUT2D eigenvalue weighted by molar-refractivity contribution is -0.0230. The van der Waals surface area contributed by atoms with Crippen LogP contribution in [0.25, 0.3) is 0 Å². The second kappa shape index (κ2) is 4.55. The Hall–Kier alpha value is -1.19. The van der Waals surface area contributed by atoms with Gasteiger partial charge in [0.05, 0.1) is 0 Å². The third-order valence-electron chi connectivity index (χ3n) is 1.84. The molecule has 0 radical (unpaired) electrons. The van der Waals surface area contributed by atoms with Gasteiger partial charge in [-0.2, -0.15) is 0 Å². The van der Waals surface area contributed by atoms with Crippen molar-refractivity contribution in [2.45, 2.75) is 32.6 Å². The van der Waals surface area contributed by atoms with Crippen molar-refractivity contribution in [1.29, 1.82) is 0 Å². The molecule has 1 rings (SSSR count). The lowest BCUT2D eigenvalue weighted by Gasteiger charge is -2.13. The van der Waals surface area contributed by atoms with E-state index in [0.29, 0.717) is 5.75 Å². The summed E-state index contributed by atoms with van der Waals surface area (Å²) in [5, 5.41) is 0. The van der Waals surface area contributed by atoms with Crippen LogP contribution in [0.4, 0.5) is 8.78 Å². The van der Waals surface area contributed by atoms with E-state index in [-0.39, 0.29) is 5.92 Å². The van der Waals surface area contributed by atoms with E-state index in [1.165, 1.54) is 0 Å². The van der Waals surface area contributed by atoms with E-state index in [1.807, 2.05) is 13.8 Å². The fraction of sp³-hybridized carbons (Fsp3) is 0.545. The summed E-state index contributed by atoms with van der Waals surface area (Å²) in [6.45, 7) is 4.20. The van der Waals surface area contributed by atoms with Gasteiger partial charge in [0, 0.05) is 24.9 Å². The SMILES string of the molecule is CC(C)c1cc(OCC(C)(F)F)ccn1. The van der Waals surface area contributed by atoms with Gasteiger partial charge in [-0.3, -0.25) is 4.98 Å². The van der Waals surface area contributed by atoms with E-state index in [9.17, 15) is 8.78 Å². The van der Waals surface area contributed by atoms with Crippen molar-refractivity contribution in [2.24, 2.45) is 0 Å². The lowest BCUT2D eigenvalue weighted by Crippen LogP contribution is -2.20. The zero-order chi connectivity index (χ0) is 11.5. The number of alkyl halides is 2. The number of halogens is 2. The van der Waals surface area contributed by atoms with Crippen molar-refractivity contribution >= 4 is 0 Å². The summed E-state index contributed by atoms with van der Waals surface area (Å²) in [7, 11) is 0. The molecule has 84 valence electrons. The number of pyridine rings is 1. The molecule has 0 fully saturated rings. The Morgan fingerprint density at radius 2 is 2.13 bits per heavy atom. The van der Waals surface area contributed by atoms with E-state index >= 15 is 0 Å². The lowest BCUT2D eigenvalue weighted by atomic mass is 10.1. The average molecular weight is 215 g/mol. The first kappa shape index (κ1) is 11.9. The summed E-state index contributed by atoms with van der Waals surface area (Å²) in [4.78, 5) is 4.12. The fourth-order valence-electron chi connectivity index (χ4n) is 1.04. The Bertz CT molecular complexity index is 321. The Morgan fingerprint density at radius 1 is 1.47 bits per heavy atom. The van der Waals surface area contributed by atoms with Crippen LogP contribution in [-0.2, 0) is 0 Å². The van der Waals surface area contributed by atoms with Crippen molar-refractivity contribution in [1.82, 2.24) is 4.98 Å². The molecule has 15 heavy (non-hydrogen) atoms. The molecule has 2 nitrogen and oxygen atoms in total. The molecule has 0 saturated carbocycles. The first-order chi connectivity index (χ1) is 6.88. The van der Waals surface area contributed by atoms with Crippen LogP contribution in [-0.4, -0.2) is 17.5 Å². The molecule has 0 amide bonds. The first-order valence-corrected chi connectivity index (χ1v) is 4.85. The monoisotopic (exact) mass is 215 g/mol. The summed E-state index contributed by atoms with van der Waals surface area (Å²) in [6, 6.07) is 3.27. The van der Waals surface area contributed by atoms with Crippen LogP contribution >= 0.6 is 0 Å². The molecule has 0 bridgehead atoms. The molecule has 0 unspecified atom stereocenters. The number of hydrogen-bond donors (Lipinski definition) is 0. The van der Waals surface area contributed by atoms with E-state index in [2.05, 4.69) is 4.98 Å². The van der Waals surface area contributed by atoms with E-state index in [1.54, 1.807) is 18.3 Å². The van der Waals surface area contributed by atoms with Crippen molar-refractivity contribution in [2.75, 3.05) is 6.61 Å². The highest BCUT2D eigenvalue weighted by Crippen LogP contribution is 2.20.